The molecule has 0 unspecified atom stereocenters. The molecule has 4 heterocycles. The molecule has 0 radical (unpaired) electrons. The van der Waals surface area contributed by atoms with E-state index >= 15 is 0 Å². The summed E-state index contributed by atoms with van der Waals surface area (Å²) >= 11 is 1.70. The van der Waals surface area contributed by atoms with Crippen LogP contribution in [0.4, 0.5) is 13.2 Å². The highest BCUT2D eigenvalue weighted by Crippen LogP contribution is 2.30. The zero-order valence-corrected chi connectivity index (χ0v) is 16.7. The minimum absolute atomic E-state index is 0.0676. The van der Waals surface area contributed by atoms with Crippen molar-refractivity contribution in [2.45, 2.75) is 38.9 Å². The largest absolute Gasteiger partial charge is 0.417 e. The van der Waals surface area contributed by atoms with Crippen LogP contribution in [-0.4, -0.2) is 32.1 Å². The quantitative estimate of drug-likeness (QED) is 0.619. The average Bonchev–Trinajstić information content (AvgIpc) is 3.33. The van der Waals surface area contributed by atoms with E-state index in [-0.39, 0.29) is 17.6 Å². The molecular formula is C20H19F3N4OS. The molecule has 9 heteroatoms. The zero-order valence-electron chi connectivity index (χ0n) is 15.9. The van der Waals surface area contributed by atoms with Crippen LogP contribution in [0.2, 0.25) is 0 Å². The molecule has 0 aliphatic carbocycles. The molecule has 0 fully saturated rings. The van der Waals surface area contributed by atoms with Gasteiger partial charge in [0.2, 0.25) is 0 Å². The normalized spacial score (nSPS) is 14.3. The molecule has 0 spiro atoms. The number of hydrogen-bond donors (Lipinski definition) is 0. The third kappa shape index (κ3) is 3.66. The number of rotatable bonds is 3. The standard InChI is InChI=1S/C20H19F3N4OS/c1-12(2)18-15(19(28)26-7-5-16-13(11-26)6-8-29-16)10-25-27(18)17-4-3-14(9-24-17)20(21,22)23/h3-4,6,8-10,12H,5,7,11H2,1-2H3. The number of aromatic nitrogens is 3. The second-order valence-electron chi connectivity index (χ2n) is 7.26. The Kier molecular flexibility index (Phi) is 4.94. The first kappa shape index (κ1) is 19.6. The first-order valence-corrected chi connectivity index (χ1v) is 10.1. The van der Waals surface area contributed by atoms with Gasteiger partial charge in [0.05, 0.1) is 23.0 Å². The Labute approximate surface area is 169 Å². The minimum Gasteiger partial charge on any atom is -0.334 e. The van der Waals surface area contributed by atoms with Gasteiger partial charge < -0.3 is 4.90 Å². The van der Waals surface area contributed by atoms with Crippen LogP contribution in [0.25, 0.3) is 5.82 Å². The van der Waals surface area contributed by atoms with E-state index in [9.17, 15) is 18.0 Å². The van der Waals surface area contributed by atoms with Gasteiger partial charge in [0.15, 0.2) is 5.82 Å². The van der Waals surface area contributed by atoms with Gasteiger partial charge in [-0.05, 0) is 41.5 Å². The molecule has 0 atom stereocenters. The van der Waals surface area contributed by atoms with Crippen LogP contribution in [0, 0.1) is 0 Å². The second-order valence-corrected chi connectivity index (χ2v) is 8.26. The van der Waals surface area contributed by atoms with Gasteiger partial charge >= 0.3 is 6.18 Å². The highest BCUT2D eigenvalue weighted by Gasteiger charge is 2.31. The molecule has 1 amide bonds. The van der Waals surface area contributed by atoms with Crippen LogP contribution in [-0.2, 0) is 19.1 Å². The summed E-state index contributed by atoms with van der Waals surface area (Å²) in [5, 5.41) is 6.31. The molecule has 29 heavy (non-hydrogen) atoms. The molecule has 4 rings (SSSR count). The van der Waals surface area contributed by atoms with Gasteiger partial charge in [-0.1, -0.05) is 13.8 Å². The maximum Gasteiger partial charge on any atom is 0.417 e. The molecule has 0 aromatic carbocycles. The molecular weight excluding hydrogens is 401 g/mol. The molecule has 0 N–H and O–H groups in total. The monoisotopic (exact) mass is 420 g/mol. The summed E-state index contributed by atoms with van der Waals surface area (Å²) in [5.41, 5.74) is 1.44. The van der Waals surface area contributed by atoms with Crippen LogP contribution >= 0.6 is 11.3 Å². The Hall–Kier alpha value is -2.68. The predicted octanol–water partition coefficient (Wildman–Crippen LogP) is 4.67. The first-order chi connectivity index (χ1) is 13.8. The van der Waals surface area contributed by atoms with E-state index < -0.39 is 11.7 Å². The lowest BCUT2D eigenvalue weighted by molar-refractivity contribution is -0.137. The summed E-state index contributed by atoms with van der Waals surface area (Å²) in [6, 6.07) is 4.28. The number of halogens is 3. The molecule has 3 aromatic rings. The van der Waals surface area contributed by atoms with Crippen molar-refractivity contribution >= 4 is 17.2 Å². The molecule has 0 bridgehead atoms. The summed E-state index contributed by atoms with van der Waals surface area (Å²) < 4.78 is 39.9. The lowest BCUT2D eigenvalue weighted by Crippen LogP contribution is -2.35. The number of pyridine rings is 1. The molecule has 3 aromatic heterocycles. The van der Waals surface area contributed by atoms with Crippen LogP contribution in [0.3, 0.4) is 0 Å². The molecule has 0 saturated carbocycles. The summed E-state index contributed by atoms with van der Waals surface area (Å²) in [4.78, 5) is 20.2. The van der Waals surface area contributed by atoms with Gasteiger partial charge in [0, 0.05) is 24.2 Å². The summed E-state index contributed by atoms with van der Waals surface area (Å²) in [6.07, 6.45) is -1.36. The van der Waals surface area contributed by atoms with Crippen molar-refractivity contribution in [1.29, 1.82) is 0 Å². The van der Waals surface area contributed by atoms with Gasteiger partial charge in [-0.25, -0.2) is 9.67 Å². The third-order valence-electron chi connectivity index (χ3n) is 4.97. The molecule has 5 nitrogen and oxygen atoms in total. The van der Waals surface area contributed by atoms with E-state index in [4.69, 9.17) is 0 Å². The first-order valence-electron chi connectivity index (χ1n) is 9.21. The van der Waals surface area contributed by atoms with Crippen molar-refractivity contribution in [2.75, 3.05) is 6.54 Å². The average molecular weight is 420 g/mol. The van der Waals surface area contributed by atoms with Crippen molar-refractivity contribution in [2.24, 2.45) is 0 Å². The predicted molar refractivity (Wildman–Crippen MR) is 103 cm³/mol. The minimum atomic E-state index is -4.45. The van der Waals surface area contributed by atoms with Crippen LogP contribution in [0.1, 0.15) is 51.8 Å². The van der Waals surface area contributed by atoms with Gasteiger partial charge in [0.25, 0.3) is 5.91 Å². The number of hydrogen-bond acceptors (Lipinski definition) is 4. The number of amides is 1. The number of nitrogens with zero attached hydrogens (tertiary/aromatic N) is 4. The number of alkyl halides is 3. The summed E-state index contributed by atoms with van der Waals surface area (Å²) in [6.45, 7) is 5.02. The van der Waals surface area contributed by atoms with E-state index in [0.29, 0.717) is 24.3 Å². The van der Waals surface area contributed by atoms with Crippen LogP contribution < -0.4 is 0 Å². The van der Waals surface area contributed by atoms with E-state index in [1.807, 2.05) is 25.3 Å². The smallest absolute Gasteiger partial charge is 0.334 e. The molecule has 1 aliphatic heterocycles. The Balaban J connectivity index is 1.66. The fraction of sp³-hybridized carbons (Fsp3) is 0.350. The SMILES string of the molecule is CC(C)c1c(C(=O)N2CCc3sccc3C2)cnn1-c1ccc(C(F)(F)F)cn1. The van der Waals surface area contributed by atoms with Gasteiger partial charge in [-0.2, -0.15) is 18.3 Å². The molecule has 0 saturated heterocycles. The van der Waals surface area contributed by atoms with Gasteiger partial charge in [-0.3, -0.25) is 4.79 Å². The third-order valence-corrected chi connectivity index (χ3v) is 5.99. The van der Waals surface area contributed by atoms with Crippen LogP contribution in [0.5, 0.6) is 0 Å². The Morgan fingerprint density at radius 1 is 1.21 bits per heavy atom. The maximum atomic E-state index is 13.2. The molecule has 152 valence electrons. The Morgan fingerprint density at radius 3 is 2.66 bits per heavy atom. The Bertz CT molecular complexity index is 1040. The van der Waals surface area contributed by atoms with E-state index in [2.05, 4.69) is 10.1 Å². The van der Waals surface area contributed by atoms with E-state index in [0.717, 1.165) is 24.2 Å². The van der Waals surface area contributed by atoms with Crippen molar-refractivity contribution in [1.82, 2.24) is 19.7 Å². The van der Waals surface area contributed by atoms with Gasteiger partial charge in [0.1, 0.15) is 0 Å². The fourth-order valence-corrected chi connectivity index (χ4v) is 4.42. The zero-order chi connectivity index (χ0) is 20.8. The van der Waals surface area contributed by atoms with Crippen molar-refractivity contribution in [3.63, 3.8) is 0 Å². The topological polar surface area (TPSA) is 51.0 Å². The van der Waals surface area contributed by atoms with Crippen molar-refractivity contribution in [3.05, 3.63) is 63.2 Å². The van der Waals surface area contributed by atoms with Crippen LogP contribution in [0.15, 0.2) is 36.0 Å². The lowest BCUT2D eigenvalue weighted by atomic mass is 10.0. The number of thiophene rings is 1. The van der Waals surface area contributed by atoms with Crippen molar-refractivity contribution in [3.8, 4) is 5.82 Å². The molecule has 1 aliphatic rings. The van der Waals surface area contributed by atoms with Gasteiger partial charge in [-0.15, -0.1) is 11.3 Å². The van der Waals surface area contributed by atoms with Crippen molar-refractivity contribution < 1.29 is 18.0 Å². The Morgan fingerprint density at radius 2 is 2.00 bits per heavy atom. The summed E-state index contributed by atoms with van der Waals surface area (Å²) in [7, 11) is 0. The number of fused-ring (bicyclic) bond motifs is 1. The fourth-order valence-electron chi connectivity index (χ4n) is 3.53. The second kappa shape index (κ2) is 7.29. The highest BCUT2D eigenvalue weighted by atomic mass is 32.1. The lowest BCUT2D eigenvalue weighted by Gasteiger charge is -2.27. The highest BCUT2D eigenvalue weighted by molar-refractivity contribution is 7.10. The number of carbonyl (C=O) groups excluding carboxylic acids is 1. The number of carbonyl (C=O) groups is 1. The summed E-state index contributed by atoms with van der Waals surface area (Å²) in [5.74, 6) is 0.0604. The van der Waals surface area contributed by atoms with E-state index in [1.54, 1.807) is 16.2 Å². The maximum absolute atomic E-state index is 13.2. The van der Waals surface area contributed by atoms with E-state index in [1.165, 1.54) is 21.8 Å².